The van der Waals surface area contributed by atoms with E-state index in [1.54, 1.807) is 0 Å². The summed E-state index contributed by atoms with van der Waals surface area (Å²) in [5, 5.41) is 2.90. The minimum absolute atomic E-state index is 0.0261. The second-order valence-electron chi connectivity index (χ2n) is 4.63. The normalized spacial score (nSPS) is 24.1. The number of hydrogen-bond donors (Lipinski definition) is 2. The van der Waals surface area contributed by atoms with Crippen LogP contribution in [-0.4, -0.2) is 43.9 Å². The SMILES string of the molecule is NCC1(OCC(=O)NC2CC2)CCOCC1. The number of nitrogens with one attached hydrogen (secondary N) is 1. The molecule has 2 rings (SSSR count). The molecule has 1 saturated carbocycles. The van der Waals surface area contributed by atoms with Crippen molar-refractivity contribution in [2.45, 2.75) is 37.3 Å². The van der Waals surface area contributed by atoms with Gasteiger partial charge in [0.15, 0.2) is 0 Å². The third-order valence-electron chi connectivity index (χ3n) is 3.23. The van der Waals surface area contributed by atoms with E-state index in [0.717, 1.165) is 25.7 Å². The molecule has 0 spiro atoms. The van der Waals surface area contributed by atoms with Crippen LogP contribution >= 0.6 is 0 Å². The average molecular weight is 228 g/mol. The summed E-state index contributed by atoms with van der Waals surface area (Å²) in [5.41, 5.74) is 5.38. The minimum atomic E-state index is -0.348. The van der Waals surface area contributed by atoms with E-state index in [9.17, 15) is 4.79 Å². The maximum Gasteiger partial charge on any atom is 0.246 e. The van der Waals surface area contributed by atoms with Crippen molar-refractivity contribution in [1.82, 2.24) is 5.32 Å². The maximum absolute atomic E-state index is 11.5. The van der Waals surface area contributed by atoms with Crippen LogP contribution in [0.15, 0.2) is 0 Å². The lowest BCUT2D eigenvalue weighted by atomic mass is 9.94. The van der Waals surface area contributed by atoms with Crippen LogP contribution in [-0.2, 0) is 14.3 Å². The zero-order chi connectivity index (χ0) is 11.4. The number of amides is 1. The summed E-state index contributed by atoms with van der Waals surface area (Å²) in [4.78, 5) is 11.5. The Morgan fingerprint density at radius 3 is 2.69 bits per heavy atom. The van der Waals surface area contributed by atoms with E-state index in [4.69, 9.17) is 15.2 Å². The highest BCUT2D eigenvalue weighted by Gasteiger charge is 2.33. The monoisotopic (exact) mass is 228 g/mol. The number of hydrogen-bond acceptors (Lipinski definition) is 4. The van der Waals surface area contributed by atoms with Crippen LogP contribution in [0.5, 0.6) is 0 Å². The molecule has 0 aromatic rings. The summed E-state index contributed by atoms with van der Waals surface area (Å²) in [6.07, 6.45) is 3.75. The lowest BCUT2D eigenvalue weighted by molar-refractivity contribution is -0.141. The first-order valence-electron chi connectivity index (χ1n) is 5.95. The van der Waals surface area contributed by atoms with Crippen molar-refractivity contribution in [2.75, 3.05) is 26.4 Å². The smallest absolute Gasteiger partial charge is 0.246 e. The van der Waals surface area contributed by atoms with Gasteiger partial charge in [-0.2, -0.15) is 0 Å². The van der Waals surface area contributed by atoms with Crippen LogP contribution < -0.4 is 11.1 Å². The zero-order valence-electron chi connectivity index (χ0n) is 9.54. The molecular weight excluding hydrogens is 208 g/mol. The zero-order valence-corrected chi connectivity index (χ0v) is 9.54. The van der Waals surface area contributed by atoms with Gasteiger partial charge in [0.2, 0.25) is 5.91 Å². The largest absolute Gasteiger partial charge is 0.381 e. The van der Waals surface area contributed by atoms with Crippen molar-refractivity contribution in [3.63, 3.8) is 0 Å². The van der Waals surface area contributed by atoms with Gasteiger partial charge >= 0.3 is 0 Å². The summed E-state index contributed by atoms with van der Waals surface area (Å²) in [6, 6.07) is 0.389. The first-order chi connectivity index (χ1) is 7.74. The molecule has 0 bridgehead atoms. The molecule has 5 nitrogen and oxygen atoms in total. The Kier molecular flexibility index (Phi) is 3.78. The van der Waals surface area contributed by atoms with Gasteiger partial charge in [0.1, 0.15) is 6.61 Å². The Bertz CT molecular complexity index is 248. The predicted octanol–water partition coefficient (Wildman–Crippen LogP) is -0.210. The summed E-state index contributed by atoms with van der Waals surface area (Å²) >= 11 is 0. The third-order valence-corrected chi connectivity index (χ3v) is 3.23. The fourth-order valence-electron chi connectivity index (χ4n) is 1.87. The molecule has 0 aromatic carbocycles. The number of ether oxygens (including phenoxy) is 2. The second-order valence-corrected chi connectivity index (χ2v) is 4.63. The number of carbonyl (C=O) groups is 1. The van der Waals surface area contributed by atoms with E-state index < -0.39 is 0 Å². The van der Waals surface area contributed by atoms with Gasteiger partial charge in [0.25, 0.3) is 0 Å². The summed E-state index contributed by atoms with van der Waals surface area (Å²) in [5.74, 6) is -0.0261. The number of rotatable bonds is 5. The maximum atomic E-state index is 11.5. The second kappa shape index (κ2) is 5.12. The van der Waals surface area contributed by atoms with E-state index in [1.165, 1.54) is 0 Å². The van der Waals surface area contributed by atoms with Crippen LogP contribution in [0.1, 0.15) is 25.7 Å². The van der Waals surface area contributed by atoms with Crippen LogP contribution in [0.4, 0.5) is 0 Å². The molecule has 3 N–H and O–H groups in total. The molecule has 16 heavy (non-hydrogen) atoms. The van der Waals surface area contributed by atoms with Gasteiger partial charge < -0.3 is 20.5 Å². The fourth-order valence-corrected chi connectivity index (χ4v) is 1.87. The fraction of sp³-hybridized carbons (Fsp3) is 0.909. The van der Waals surface area contributed by atoms with Crippen molar-refractivity contribution in [3.05, 3.63) is 0 Å². The van der Waals surface area contributed by atoms with Crippen molar-refractivity contribution < 1.29 is 14.3 Å². The summed E-state index contributed by atoms with van der Waals surface area (Å²) in [6.45, 7) is 1.91. The number of nitrogens with two attached hydrogens (primary N) is 1. The Morgan fingerprint density at radius 2 is 2.12 bits per heavy atom. The molecule has 1 aliphatic carbocycles. The van der Waals surface area contributed by atoms with E-state index in [2.05, 4.69) is 5.32 Å². The summed E-state index contributed by atoms with van der Waals surface area (Å²) in [7, 11) is 0. The molecule has 0 unspecified atom stereocenters. The number of carbonyl (C=O) groups excluding carboxylic acids is 1. The molecule has 0 aromatic heterocycles. The lowest BCUT2D eigenvalue weighted by Gasteiger charge is -2.35. The Hall–Kier alpha value is -0.650. The highest BCUT2D eigenvalue weighted by molar-refractivity contribution is 5.77. The third kappa shape index (κ3) is 3.17. The van der Waals surface area contributed by atoms with Crippen LogP contribution in [0, 0.1) is 0 Å². The van der Waals surface area contributed by atoms with Gasteiger partial charge in [0.05, 0.1) is 5.60 Å². The minimum Gasteiger partial charge on any atom is -0.381 e. The van der Waals surface area contributed by atoms with Crippen LogP contribution in [0.2, 0.25) is 0 Å². The van der Waals surface area contributed by atoms with Gasteiger partial charge in [-0.25, -0.2) is 0 Å². The van der Waals surface area contributed by atoms with Crippen molar-refractivity contribution in [1.29, 1.82) is 0 Å². The molecule has 1 aliphatic heterocycles. The molecule has 1 heterocycles. The van der Waals surface area contributed by atoms with Gasteiger partial charge in [-0.15, -0.1) is 0 Å². The van der Waals surface area contributed by atoms with E-state index >= 15 is 0 Å². The molecule has 2 aliphatic rings. The molecule has 0 atom stereocenters. The highest BCUT2D eigenvalue weighted by atomic mass is 16.5. The molecule has 1 amide bonds. The first kappa shape index (κ1) is 11.8. The Labute approximate surface area is 95.7 Å². The lowest BCUT2D eigenvalue weighted by Crippen LogP contribution is -2.47. The first-order valence-corrected chi connectivity index (χ1v) is 5.95. The average Bonchev–Trinajstić information content (AvgIpc) is 3.12. The van der Waals surface area contributed by atoms with E-state index in [1.807, 2.05) is 0 Å². The molecular formula is C11H20N2O3. The van der Waals surface area contributed by atoms with Crippen molar-refractivity contribution >= 4 is 5.91 Å². The van der Waals surface area contributed by atoms with Crippen LogP contribution in [0.25, 0.3) is 0 Å². The van der Waals surface area contributed by atoms with Gasteiger partial charge in [0, 0.05) is 38.6 Å². The molecule has 2 fully saturated rings. The van der Waals surface area contributed by atoms with Crippen molar-refractivity contribution in [2.24, 2.45) is 5.73 Å². The molecule has 1 saturated heterocycles. The molecule has 5 heteroatoms. The Balaban J connectivity index is 1.74. The molecule has 0 radical (unpaired) electrons. The standard InChI is InChI=1S/C11H20N2O3/c12-8-11(3-5-15-6-4-11)16-7-10(14)13-9-1-2-9/h9H,1-8,12H2,(H,13,14). The highest BCUT2D eigenvalue weighted by Crippen LogP contribution is 2.24. The summed E-state index contributed by atoms with van der Waals surface area (Å²) < 4.78 is 11.0. The molecule has 92 valence electrons. The van der Waals surface area contributed by atoms with Gasteiger partial charge in [-0.05, 0) is 12.8 Å². The predicted molar refractivity (Wildman–Crippen MR) is 59.0 cm³/mol. The van der Waals surface area contributed by atoms with Crippen molar-refractivity contribution in [3.8, 4) is 0 Å². The van der Waals surface area contributed by atoms with E-state index in [0.29, 0.717) is 25.8 Å². The topological polar surface area (TPSA) is 73.6 Å². The van der Waals surface area contributed by atoms with E-state index in [-0.39, 0.29) is 18.1 Å². The van der Waals surface area contributed by atoms with Gasteiger partial charge in [-0.3, -0.25) is 4.79 Å². The van der Waals surface area contributed by atoms with Gasteiger partial charge in [-0.1, -0.05) is 0 Å². The Morgan fingerprint density at radius 1 is 1.44 bits per heavy atom. The van der Waals surface area contributed by atoms with Crippen LogP contribution in [0.3, 0.4) is 0 Å². The quantitative estimate of drug-likeness (QED) is 0.683.